The maximum absolute atomic E-state index is 12.2. The standard InChI is InChI=1S/C7H4F3N3S/c8-7(9,10)5-3-4(12-13-5)6-11-1-2-14-6/h1-3H,(H,12,13). The molecule has 74 valence electrons. The fourth-order valence-corrected chi connectivity index (χ4v) is 1.52. The van der Waals surface area contributed by atoms with Crippen LogP contribution < -0.4 is 0 Å². The minimum absolute atomic E-state index is 0.215. The highest BCUT2D eigenvalue weighted by molar-refractivity contribution is 7.13. The van der Waals surface area contributed by atoms with Gasteiger partial charge in [-0.05, 0) is 6.07 Å². The summed E-state index contributed by atoms with van der Waals surface area (Å²) in [6, 6.07) is 0.943. The van der Waals surface area contributed by atoms with E-state index in [9.17, 15) is 13.2 Å². The summed E-state index contributed by atoms with van der Waals surface area (Å²) in [6.45, 7) is 0. The van der Waals surface area contributed by atoms with Crippen molar-refractivity contribution in [3.05, 3.63) is 23.3 Å². The van der Waals surface area contributed by atoms with E-state index in [1.807, 2.05) is 5.10 Å². The fourth-order valence-electron chi connectivity index (χ4n) is 0.926. The first-order valence-electron chi connectivity index (χ1n) is 3.60. The van der Waals surface area contributed by atoms with Crippen LogP contribution in [0.3, 0.4) is 0 Å². The van der Waals surface area contributed by atoms with Crippen LogP contribution in [0.4, 0.5) is 13.2 Å². The third kappa shape index (κ3) is 1.63. The van der Waals surface area contributed by atoms with Gasteiger partial charge in [-0.25, -0.2) is 4.98 Å². The number of thiazole rings is 1. The van der Waals surface area contributed by atoms with E-state index in [0.717, 1.165) is 6.07 Å². The van der Waals surface area contributed by atoms with Crippen LogP contribution in [0.5, 0.6) is 0 Å². The van der Waals surface area contributed by atoms with Gasteiger partial charge in [0.2, 0.25) is 0 Å². The molecule has 3 nitrogen and oxygen atoms in total. The number of hydrogen-bond acceptors (Lipinski definition) is 3. The molecule has 2 rings (SSSR count). The number of alkyl halides is 3. The lowest BCUT2D eigenvalue weighted by Crippen LogP contribution is -2.04. The Balaban J connectivity index is 2.36. The molecule has 0 amide bonds. The van der Waals surface area contributed by atoms with Gasteiger partial charge in [0.05, 0.1) is 0 Å². The Kier molecular flexibility index (Phi) is 2.03. The van der Waals surface area contributed by atoms with Gasteiger partial charge in [0, 0.05) is 11.6 Å². The van der Waals surface area contributed by atoms with Crippen molar-refractivity contribution in [1.29, 1.82) is 0 Å². The fraction of sp³-hybridized carbons (Fsp3) is 0.143. The molecule has 0 unspecified atom stereocenters. The lowest BCUT2D eigenvalue weighted by atomic mass is 10.3. The molecule has 0 radical (unpaired) electrons. The maximum atomic E-state index is 12.2. The average molecular weight is 219 g/mol. The molecule has 1 N–H and O–H groups in total. The topological polar surface area (TPSA) is 41.6 Å². The summed E-state index contributed by atoms with van der Waals surface area (Å²) in [5.74, 6) is 0. The number of hydrogen-bond donors (Lipinski definition) is 1. The first-order chi connectivity index (χ1) is 6.57. The smallest absolute Gasteiger partial charge is 0.273 e. The van der Waals surface area contributed by atoms with E-state index >= 15 is 0 Å². The van der Waals surface area contributed by atoms with Crippen molar-refractivity contribution < 1.29 is 13.2 Å². The predicted octanol–water partition coefficient (Wildman–Crippen LogP) is 2.55. The molecule has 0 saturated carbocycles. The zero-order valence-electron chi connectivity index (χ0n) is 6.67. The van der Waals surface area contributed by atoms with Gasteiger partial charge in [0.25, 0.3) is 0 Å². The number of nitrogens with one attached hydrogen (secondary N) is 1. The summed E-state index contributed by atoms with van der Waals surface area (Å²) in [5, 5.41) is 7.60. The Bertz CT molecular complexity index is 418. The highest BCUT2D eigenvalue weighted by Gasteiger charge is 2.33. The molecule has 0 aliphatic carbocycles. The van der Waals surface area contributed by atoms with Gasteiger partial charge in [-0.3, -0.25) is 5.10 Å². The molecule has 0 aliphatic rings. The van der Waals surface area contributed by atoms with E-state index in [1.54, 1.807) is 5.38 Å². The molecule has 7 heteroatoms. The molecule has 0 saturated heterocycles. The highest BCUT2D eigenvalue weighted by atomic mass is 32.1. The first-order valence-corrected chi connectivity index (χ1v) is 4.48. The minimum atomic E-state index is -4.39. The SMILES string of the molecule is FC(F)(F)c1cc(-c2nccs2)n[nH]1. The highest BCUT2D eigenvalue weighted by Crippen LogP contribution is 2.30. The van der Waals surface area contributed by atoms with Crippen LogP contribution in [0.25, 0.3) is 10.7 Å². The Morgan fingerprint density at radius 1 is 1.36 bits per heavy atom. The van der Waals surface area contributed by atoms with Crippen molar-refractivity contribution in [2.45, 2.75) is 6.18 Å². The van der Waals surface area contributed by atoms with Crippen molar-refractivity contribution in [2.75, 3.05) is 0 Å². The van der Waals surface area contributed by atoms with E-state index in [0.29, 0.717) is 5.01 Å². The first kappa shape index (κ1) is 9.20. The van der Waals surface area contributed by atoms with Crippen LogP contribution in [0.2, 0.25) is 0 Å². The van der Waals surface area contributed by atoms with E-state index < -0.39 is 11.9 Å². The Morgan fingerprint density at radius 2 is 2.14 bits per heavy atom. The van der Waals surface area contributed by atoms with E-state index in [-0.39, 0.29) is 5.69 Å². The average Bonchev–Trinajstić information content (AvgIpc) is 2.73. The largest absolute Gasteiger partial charge is 0.432 e. The molecular weight excluding hydrogens is 215 g/mol. The lowest BCUT2D eigenvalue weighted by Gasteiger charge is -1.99. The summed E-state index contributed by atoms with van der Waals surface area (Å²) in [5.41, 5.74) is -0.643. The number of nitrogens with zero attached hydrogens (tertiary/aromatic N) is 2. The van der Waals surface area contributed by atoms with Gasteiger partial charge in [-0.15, -0.1) is 11.3 Å². The van der Waals surface area contributed by atoms with Crippen molar-refractivity contribution in [3.8, 4) is 10.7 Å². The summed E-state index contributed by atoms with van der Waals surface area (Å²) in [6.07, 6.45) is -2.87. The van der Waals surface area contributed by atoms with Crippen LogP contribution in [0.1, 0.15) is 5.69 Å². The summed E-state index contributed by atoms with van der Waals surface area (Å²) in [4.78, 5) is 3.85. The maximum Gasteiger partial charge on any atom is 0.432 e. The molecule has 0 spiro atoms. The second-order valence-corrected chi connectivity index (χ2v) is 3.40. The number of aromatic nitrogens is 3. The zero-order chi connectivity index (χ0) is 10.2. The number of rotatable bonds is 1. The molecule has 0 aliphatic heterocycles. The van der Waals surface area contributed by atoms with Crippen molar-refractivity contribution >= 4 is 11.3 Å². The molecule has 0 aromatic carbocycles. The Labute approximate surface area is 80.6 Å². The van der Waals surface area contributed by atoms with Gasteiger partial charge < -0.3 is 0 Å². The predicted molar refractivity (Wildman–Crippen MR) is 44.7 cm³/mol. The second-order valence-electron chi connectivity index (χ2n) is 2.50. The number of halogens is 3. The van der Waals surface area contributed by atoms with E-state index in [4.69, 9.17) is 0 Å². The van der Waals surface area contributed by atoms with Crippen LogP contribution in [-0.2, 0) is 6.18 Å². The minimum Gasteiger partial charge on any atom is -0.273 e. The molecule has 2 heterocycles. The van der Waals surface area contributed by atoms with Gasteiger partial charge in [-0.2, -0.15) is 18.3 Å². The normalized spacial score (nSPS) is 11.9. The van der Waals surface area contributed by atoms with Crippen molar-refractivity contribution in [3.63, 3.8) is 0 Å². The molecule has 2 aromatic heterocycles. The second kappa shape index (κ2) is 3.09. The summed E-state index contributed by atoms with van der Waals surface area (Å²) >= 11 is 1.24. The molecule has 14 heavy (non-hydrogen) atoms. The van der Waals surface area contributed by atoms with Crippen molar-refractivity contribution in [2.24, 2.45) is 0 Å². The molecule has 2 aromatic rings. The number of aromatic amines is 1. The quantitative estimate of drug-likeness (QED) is 0.800. The van der Waals surface area contributed by atoms with Gasteiger partial charge >= 0.3 is 6.18 Å². The van der Waals surface area contributed by atoms with Gasteiger partial charge in [-0.1, -0.05) is 0 Å². The molecule has 0 atom stereocenters. The van der Waals surface area contributed by atoms with Crippen LogP contribution in [0, 0.1) is 0 Å². The summed E-state index contributed by atoms with van der Waals surface area (Å²) in [7, 11) is 0. The summed E-state index contributed by atoms with van der Waals surface area (Å²) < 4.78 is 36.5. The van der Waals surface area contributed by atoms with Crippen LogP contribution >= 0.6 is 11.3 Å². The Hall–Kier alpha value is -1.37. The third-order valence-electron chi connectivity index (χ3n) is 1.53. The van der Waals surface area contributed by atoms with Crippen LogP contribution in [0.15, 0.2) is 17.6 Å². The van der Waals surface area contributed by atoms with Crippen LogP contribution in [-0.4, -0.2) is 15.2 Å². The van der Waals surface area contributed by atoms with Gasteiger partial charge in [0.1, 0.15) is 16.4 Å². The van der Waals surface area contributed by atoms with Crippen molar-refractivity contribution in [1.82, 2.24) is 15.2 Å². The number of H-pyrrole nitrogens is 1. The van der Waals surface area contributed by atoms with E-state index in [1.165, 1.54) is 17.5 Å². The van der Waals surface area contributed by atoms with Gasteiger partial charge in [0.15, 0.2) is 0 Å². The Morgan fingerprint density at radius 3 is 2.64 bits per heavy atom. The zero-order valence-corrected chi connectivity index (χ0v) is 7.49. The third-order valence-corrected chi connectivity index (χ3v) is 2.33. The monoisotopic (exact) mass is 219 g/mol. The molecule has 0 bridgehead atoms. The van der Waals surface area contributed by atoms with E-state index in [2.05, 4.69) is 10.1 Å². The lowest BCUT2D eigenvalue weighted by molar-refractivity contribution is -0.141. The molecule has 0 fully saturated rings. The molecular formula is C7H4F3N3S.